The largest absolute Gasteiger partial charge is 0.289 e. The van der Waals surface area contributed by atoms with Crippen LogP contribution in [0.4, 0.5) is 11.4 Å². The molecule has 0 saturated heterocycles. The molecule has 0 spiro atoms. The predicted molar refractivity (Wildman–Crippen MR) is 89.3 cm³/mol. The zero-order chi connectivity index (χ0) is 16.2. The van der Waals surface area contributed by atoms with Crippen molar-refractivity contribution in [2.45, 2.75) is 4.90 Å². The molecule has 3 N–H and O–H groups in total. The van der Waals surface area contributed by atoms with E-state index in [9.17, 15) is 9.42 Å². The van der Waals surface area contributed by atoms with Crippen molar-refractivity contribution in [2.75, 3.05) is 19.2 Å². The molecule has 0 aliphatic carbocycles. The quantitative estimate of drug-likeness (QED) is 0.670. The smallest absolute Gasteiger partial charge is 0.134 e. The van der Waals surface area contributed by atoms with Crippen LogP contribution in [-0.2, 0) is 9.92 Å². The first-order valence-corrected chi connectivity index (χ1v) is 8.10. The van der Waals surface area contributed by atoms with Crippen LogP contribution in [0, 0.1) is 0 Å². The molecular weight excluding hydrogens is 300 g/mol. The van der Waals surface area contributed by atoms with Gasteiger partial charge in [0.1, 0.15) is 9.92 Å². The molecule has 22 heavy (non-hydrogen) atoms. The Balaban J connectivity index is 2.15. The molecule has 0 fully saturated rings. The number of hydrogen-bond donors (Lipinski definition) is 2. The maximum Gasteiger partial charge on any atom is 0.134 e. The van der Waals surface area contributed by atoms with Crippen molar-refractivity contribution in [3.8, 4) is 0 Å². The van der Waals surface area contributed by atoms with E-state index in [2.05, 4.69) is 9.36 Å². The second-order valence-electron chi connectivity index (χ2n) is 4.62. The van der Waals surface area contributed by atoms with Crippen molar-refractivity contribution in [1.29, 1.82) is 0 Å². The van der Waals surface area contributed by atoms with Gasteiger partial charge >= 0.3 is 0 Å². The van der Waals surface area contributed by atoms with E-state index in [-0.39, 0.29) is 0 Å². The summed E-state index contributed by atoms with van der Waals surface area (Å²) in [6.45, 7) is 0. The highest BCUT2D eigenvalue weighted by atomic mass is 32.2. The van der Waals surface area contributed by atoms with E-state index in [0.29, 0.717) is 10.6 Å². The van der Waals surface area contributed by atoms with Crippen LogP contribution in [0.1, 0.15) is 5.56 Å². The highest BCUT2D eigenvalue weighted by Gasteiger charge is 2.04. The molecule has 0 aliphatic heterocycles. The van der Waals surface area contributed by atoms with Crippen LogP contribution in [0.2, 0.25) is 0 Å². The summed E-state index contributed by atoms with van der Waals surface area (Å²) in [5.74, 6) is 0. The Labute approximate surface area is 130 Å². The molecule has 0 aliphatic rings. The third kappa shape index (κ3) is 3.91. The van der Waals surface area contributed by atoms with E-state index in [0.717, 1.165) is 16.3 Å². The van der Waals surface area contributed by atoms with Crippen molar-refractivity contribution in [3.05, 3.63) is 54.1 Å². The van der Waals surface area contributed by atoms with Crippen molar-refractivity contribution < 1.29 is 9.42 Å². The average molecular weight is 318 g/mol. The van der Waals surface area contributed by atoms with Crippen molar-refractivity contribution in [1.82, 2.24) is 0 Å². The van der Waals surface area contributed by atoms with Crippen LogP contribution in [-0.4, -0.2) is 29.7 Å². The number of anilines is 1. The molecule has 7 heteroatoms. The van der Waals surface area contributed by atoms with Gasteiger partial charge in [0.25, 0.3) is 0 Å². The van der Waals surface area contributed by atoms with Gasteiger partial charge < -0.3 is 0 Å². The van der Waals surface area contributed by atoms with Gasteiger partial charge in [0.2, 0.25) is 0 Å². The topological polar surface area (TPSA) is 91.3 Å². The molecule has 0 amide bonds. The number of aliphatic imine (C=N–C) groups is 1. The summed E-state index contributed by atoms with van der Waals surface area (Å²) in [5.41, 5.74) is 2.32. The first kappa shape index (κ1) is 16.2. The molecule has 0 radical (unpaired) electrons. The monoisotopic (exact) mass is 318 g/mol. The normalized spacial score (nSPS) is 13.8. The third-order valence-corrected chi connectivity index (χ3v) is 4.57. The summed E-state index contributed by atoms with van der Waals surface area (Å²) in [6.07, 6.45) is 1.71. The second-order valence-corrected chi connectivity index (χ2v) is 6.59. The van der Waals surface area contributed by atoms with E-state index >= 15 is 0 Å². The molecular formula is C15H18N4O2S. The van der Waals surface area contributed by atoms with E-state index in [1.807, 2.05) is 12.1 Å². The number of benzene rings is 2. The van der Waals surface area contributed by atoms with Crippen molar-refractivity contribution in [2.24, 2.45) is 14.5 Å². The van der Waals surface area contributed by atoms with Crippen LogP contribution < -0.4 is 10.2 Å². The molecule has 1 unspecified atom stereocenters. The number of rotatable bonds is 4. The number of nitrogens with zero attached hydrogens (tertiary/aromatic N) is 3. The van der Waals surface area contributed by atoms with Gasteiger partial charge in [-0.05, 0) is 42.0 Å². The number of nitrogens with two attached hydrogens (primary N) is 1. The summed E-state index contributed by atoms with van der Waals surface area (Å²) >= 11 is 0. The van der Waals surface area contributed by atoms with E-state index in [4.69, 9.17) is 5.14 Å². The Hall–Kier alpha value is -2.22. The summed E-state index contributed by atoms with van der Waals surface area (Å²) in [5, 5.41) is 15.9. The summed E-state index contributed by atoms with van der Waals surface area (Å²) in [7, 11) is 0.190. The van der Waals surface area contributed by atoms with Gasteiger partial charge in [0.05, 0.1) is 16.3 Å². The zero-order valence-electron chi connectivity index (χ0n) is 12.4. The molecule has 0 aromatic heterocycles. The predicted octanol–water partition coefficient (Wildman–Crippen LogP) is 2.59. The average Bonchev–Trinajstić information content (AvgIpc) is 2.53. The van der Waals surface area contributed by atoms with Gasteiger partial charge in [-0.2, -0.15) is 0 Å². The zero-order valence-corrected chi connectivity index (χ0v) is 13.2. The summed E-state index contributed by atoms with van der Waals surface area (Å²) in [6, 6.07) is 14.1. The molecule has 6 nitrogen and oxygen atoms in total. The highest BCUT2D eigenvalue weighted by molar-refractivity contribution is 7.91. The van der Waals surface area contributed by atoms with Gasteiger partial charge in [-0.15, -0.1) is 0 Å². The third-order valence-electron chi connectivity index (χ3n) is 3.08. The van der Waals surface area contributed by atoms with E-state index in [1.54, 1.807) is 49.7 Å². The first-order chi connectivity index (χ1) is 10.4. The number of hydrogen-bond acceptors (Lipinski definition) is 5. The van der Waals surface area contributed by atoms with Gasteiger partial charge in [0.15, 0.2) is 0 Å². The first-order valence-electron chi connectivity index (χ1n) is 6.52. The number of hydroxylamine groups is 1. The lowest BCUT2D eigenvalue weighted by atomic mass is 10.2. The maximum atomic E-state index is 11.9. The lowest BCUT2D eigenvalue weighted by Gasteiger charge is -2.09. The van der Waals surface area contributed by atoms with Gasteiger partial charge in [-0.1, -0.05) is 12.1 Å². The lowest BCUT2D eigenvalue weighted by Crippen LogP contribution is -2.11. The van der Waals surface area contributed by atoms with Crippen LogP contribution in [0.15, 0.2) is 62.8 Å². The Kier molecular flexibility index (Phi) is 4.92. The highest BCUT2D eigenvalue weighted by Crippen LogP contribution is 2.17. The molecule has 2 rings (SSSR count). The molecule has 2 aromatic carbocycles. The second kappa shape index (κ2) is 6.69. The molecule has 0 saturated carbocycles. The summed E-state index contributed by atoms with van der Waals surface area (Å²) < 4.78 is 15.6. The Morgan fingerprint density at radius 2 is 1.73 bits per heavy atom. The van der Waals surface area contributed by atoms with Crippen LogP contribution in [0.25, 0.3) is 0 Å². The van der Waals surface area contributed by atoms with Crippen molar-refractivity contribution in [3.63, 3.8) is 0 Å². The molecule has 116 valence electrons. The van der Waals surface area contributed by atoms with Gasteiger partial charge in [-0.25, -0.2) is 13.7 Å². The van der Waals surface area contributed by atoms with E-state index in [1.165, 1.54) is 7.05 Å². The Morgan fingerprint density at radius 3 is 2.23 bits per heavy atom. The van der Waals surface area contributed by atoms with Crippen molar-refractivity contribution >= 4 is 27.5 Å². The summed E-state index contributed by atoms with van der Waals surface area (Å²) in [4.78, 5) is 4.81. The lowest BCUT2D eigenvalue weighted by molar-refractivity contribution is 0.279. The minimum absolute atomic E-state index is 0.476. The van der Waals surface area contributed by atoms with E-state index < -0.39 is 9.92 Å². The fraction of sp³-hybridized carbons (Fsp3) is 0.133. The van der Waals surface area contributed by atoms with Crippen LogP contribution >= 0.6 is 0 Å². The Morgan fingerprint density at radius 1 is 1.14 bits per heavy atom. The SMILES string of the molecule is CN=S(N)(=O)c1ccc(N=Cc2ccc(N(C)O)cc2)cc1. The van der Waals surface area contributed by atoms with Gasteiger partial charge in [-0.3, -0.25) is 15.3 Å². The standard InChI is InChI=1S/C15H18N4O2S/c1-17-22(16,21)15-9-5-13(6-10-15)18-11-12-3-7-14(8-4-12)19(2)20/h3-11,20H,1-2H3,(H2,16,17,21). The van der Waals surface area contributed by atoms with Crippen LogP contribution in [0.5, 0.6) is 0 Å². The molecule has 0 bridgehead atoms. The minimum atomic E-state index is -2.80. The Bertz CT molecular complexity index is 774. The fourth-order valence-corrected chi connectivity index (χ4v) is 2.49. The fourth-order valence-electron chi connectivity index (χ4n) is 1.76. The van der Waals surface area contributed by atoms with Gasteiger partial charge in [0, 0.05) is 20.3 Å². The minimum Gasteiger partial charge on any atom is -0.289 e. The van der Waals surface area contributed by atoms with Crippen LogP contribution in [0.3, 0.4) is 0 Å². The molecule has 0 heterocycles. The molecule has 1 atom stereocenters. The maximum absolute atomic E-state index is 11.9. The molecule has 2 aromatic rings.